The van der Waals surface area contributed by atoms with Gasteiger partial charge in [0.05, 0.1) is 10.0 Å². The molecule has 0 saturated carbocycles. The zero-order valence-corrected chi connectivity index (χ0v) is 13.0. The van der Waals surface area contributed by atoms with Crippen molar-refractivity contribution in [2.75, 3.05) is 5.32 Å². The van der Waals surface area contributed by atoms with Crippen molar-refractivity contribution < 1.29 is 9.18 Å². The molecule has 0 saturated heterocycles. The number of aromatic nitrogens is 1. The molecule has 0 bridgehead atoms. The van der Waals surface area contributed by atoms with Gasteiger partial charge in [-0.15, -0.1) is 0 Å². The van der Waals surface area contributed by atoms with Gasteiger partial charge < -0.3 is 5.32 Å². The minimum Gasteiger partial charge on any atom is -0.322 e. The number of rotatable bonds is 2. The molecular formula is C13H9Br2FN2O. The van der Waals surface area contributed by atoms with Crippen molar-refractivity contribution in [3.8, 4) is 0 Å². The molecule has 0 atom stereocenters. The molecule has 1 heterocycles. The lowest BCUT2D eigenvalue weighted by molar-refractivity contribution is 0.102. The number of benzene rings is 1. The van der Waals surface area contributed by atoms with Gasteiger partial charge in [0, 0.05) is 11.9 Å². The lowest BCUT2D eigenvalue weighted by Gasteiger charge is -2.10. The molecule has 0 aliphatic heterocycles. The summed E-state index contributed by atoms with van der Waals surface area (Å²) in [6.07, 6.45) is 1.58. The van der Waals surface area contributed by atoms with Gasteiger partial charge in [-0.2, -0.15) is 0 Å². The van der Waals surface area contributed by atoms with Crippen LogP contribution in [0, 0.1) is 12.7 Å². The van der Waals surface area contributed by atoms with E-state index < -0.39 is 0 Å². The number of hydrogen-bond acceptors (Lipinski definition) is 2. The predicted octanol–water partition coefficient (Wildman–Crippen LogP) is 4.31. The van der Waals surface area contributed by atoms with Crippen molar-refractivity contribution in [2.45, 2.75) is 6.92 Å². The highest BCUT2D eigenvalue weighted by molar-refractivity contribution is 9.10. The summed E-state index contributed by atoms with van der Waals surface area (Å²) in [4.78, 5) is 16.1. The first-order valence-corrected chi connectivity index (χ1v) is 6.95. The number of carbonyl (C=O) groups excluding carboxylic acids is 1. The molecule has 0 unspecified atom stereocenters. The maximum Gasteiger partial charge on any atom is 0.258 e. The van der Waals surface area contributed by atoms with E-state index >= 15 is 0 Å². The van der Waals surface area contributed by atoms with Crippen LogP contribution in [0.3, 0.4) is 0 Å². The molecule has 1 aromatic heterocycles. The molecule has 6 heteroatoms. The van der Waals surface area contributed by atoms with Crippen LogP contribution in [-0.4, -0.2) is 10.9 Å². The lowest BCUT2D eigenvalue weighted by Crippen LogP contribution is -2.14. The molecule has 3 nitrogen and oxygen atoms in total. The minimum atomic E-state index is -0.363. The fourth-order valence-electron chi connectivity index (χ4n) is 1.53. The Balaban J connectivity index is 2.30. The molecule has 1 amide bonds. The molecule has 1 aromatic carbocycles. The highest BCUT2D eigenvalue weighted by Gasteiger charge is 2.13. The van der Waals surface area contributed by atoms with Gasteiger partial charge in [0.25, 0.3) is 5.91 Å². The van der Waals surface area contributed by atoms with Crippen LogP contribution in [0.5, 0.6) is 0 Å². The standard InChI is InChI=1S/C13H9Br2FN2O/c1-7-5-10(16)9(14)6-11(7)18-13(19)8-3-2-4-17-12(8)15/h2-6H,1H3,(H,18,19). The van der Waals surface area contributed by atoms with Crippen LogP contribution in [0.1, 0.15) is 15.9 Å². The molecule has 2 aromatic rings. The fraction of sp³-hybridized carbons (Fsp3) is 0.0769. The molecule has 0 aliphatic carbocycles. The van der Waals surface area contributed by atoms with E-state index in [0.717, 1.165) is 0 Å². The van der Waals surface area contributed by atoms with Crippen LogP contribution in [0.4, 0.5) is 10.1 Å². The number of carbonyl (C=O) groups is 1. The van der Waals surface area contributed by atoms with E-state index in [0.29, 0.717) is 25.9 Å². The number of amides is 1. The van der Waals surface area contributed by atoms with E-state index in [2.05, 4.69) is 42.2 Å². The number of anilines is 1. The van der Waals surface area contributed by atoms with Gasteiger partial charge in [0.2, 0.25) is 0 Å². The number of aryl methyl sites for hydroxylation is 1. The van der Waals surface area contributed by atoms with E-state index in [4.69, 9.17) is 0 Å². The molecule has 0 spiro atoms. The number of nitrogens with zero attached hydrogens (tertiary/aromatic N) is 1. The Labute approximate surface area is 126 Å². The van der Waals surface area contributed by atoms with Crippen LogP contribution in [0.25, 0.3) is 0 Å². The maximum absolute atomic E-state index is 13.3. The van der Waals surface area contributed by atoms with E-state index in [1.807, 2.05) is 0 Å². The topological polar surface area (TPSA) is 42.0 Å². The molecule has 19 heavy (non-hydrogen) atoms. The first kappa shape index (κ1) is 14.1. The van der Waals surface area contributed by atoms with Crippen LogP contribution < -0.4 is 5.32 Å². The highest BCUT2D eigenvalue weighted by Crippen LogP contribution is 2.25. The monoisotopic (exact) mass is 386 g/mol. The van der Waals surface area contributed by atoms with Gasteiger partial charge in [-0.25, -0.2) is 9.37 Å². The Bertz CT molecular complexity index is 647. The molecule has 0 fully saturated rings. The summed E-state index contributed by atoms with van der Waals surface area (Å²) in [5.41, 5.74) is 1.62. The Hall–Kier alpha value is -1.27. The summed E-state index contributed by atoms with van der Waals surface area (Å²) in [5.74, 6) is -0.667. The van der Waals surface area contributed by atoms with Crippen molar-refractivity contribution in [1.82, 2.24) is 4.98 Å². The average Bonchev–Trinajstić information content (AvgIpc) is 2.36. The molecule has 0 radical (unpaired) electrons. The van der Waals surface area contributed by atoms with Gasteiger partial charge in [-0.3, -0.25) is 4.79 Å². The normalized spacial score (nSPS) is 10.3. The van der Waals surface area contributed by atoms with E-state index in [1.165, 1.54) is 12.1 Å². The number of halogens is 3. The second-order valence-electron chi connectivity index (χ2n) is 3.88. The van der Waals surface area contributed by atoms with Crippen LogP contribution in [-0.2, 0) is 0 Å². The SMILES string of the molecule is Cc1cc(F)c(Br)cc1NC(=O)c1cccnc1Br. The van der Waals surface area contributed by atoms with Gasteiger partial charge in [-0.05, 0) is 68.6 Å². The summed E-state index contributed by atoms with van der Waals surface area (Å²) in [5, 5.41) is 2.73. The van der Waals surface area contributed by atoms with Gasteiger partial charge >= 0.3 is 0 Å². The average molecular weight is 388 g/mol. The molecular weight excluding hydrogens is 379 g/mol. The second-order valence-corrected chi connectivity index (χ2v) is 5.48. The first-order valence-electron chi connectivity index (χ1n) is 5.36. The highest BCUT2D eigenvalue weighted by atomic mass is 79.9. The third-order valence-corrected chi connectivity index (χ3v) is 3.76. The Kier molecular flexibility index (Phi) is 4.31. The fourth-order valence-corrected chi connectivity index (χ4v) is 2.30. The van der Waals surface area contributed by atoms with Crippen LogP contribution in [0.15, 0.2) is 39.5 Å². The Morgan fingerprint density at radius 2 is 2.11 bits per heavy atom. The predicted molar refractivity (Wildman–Crippen MR) is 78.7 cm³/mol. The van der Waals surface area contributed by atoms with Crippen molar-refractivity contribution in [2.24, 2.45) is 0 Å². The molecule has 0 aliphatic rings. The van der Waals surface area contributed by atoms with Crippen LogP contribution in [0.2, 0.25) is 0 Å². The van der Waals surface area contributed by atoms with Gasteiger partial charge in [0.15, 0.2) is 0 Å². The number of pyridine rings is 1. The molecule has 1 N–H and O–H groups in total. The van der Waals surface area contributed by atoms with Crippen LogP contribution >= 0.6 is 31.9 Å². The summed E-state index contributed by atoms with van der Waals surface area (Å²) in [7, 11) is 0. The van der Waals surface area contributed by atoms with E-state index in [9.17, 15) is 9.18 Å². The van der Waals surface area contributed by atoms with E-state index in [-0.39, 0.29) is 11.7 Å². The van der Waals surface area contributed by atoms with Crippen molar-refractivity contribution in [1.29, 1.82) is 0 Å². The summed E-state index contributed by atoms with van der Waals surface area (Å²) in [6.45, 7) is 1.73. The Morgan fingerprint density at radius 3 is 2.79 bits per heavy atom. The lowest BCUT2D eigenvalue weighted by atomic mass is 10.2. The second kappa shape index (κ2) is 5.79. The smallest absolute Gasteiger partial charge is 0.258 e. The quantitative estimate of drug-likeness (QED) is 0.780. The third-order valence-electron chi connectivity index (χ3n) is 2.52. The molecule has 98 valence electrons. The van der Waals surface area contributed by atoms with Crippen molar-refractivity contribution in [3.05, 3.63) is 56.5 Å². The largest absolute Gasteiger partial charge is 0.322 e. The zero-order valence-electron chi connectivity index (χ0n) is 9.88. The summed E-state index contributed by atoms with van der Waals surface area (Å²) >= 11 is 6.31. The minimum absolute atomic E-state index is 0.304. The third kappa shape index (κ3) is 3.19. The number of nitrogens with one attached hydrogen (secondary N) is 1. The van der Waals surface area contributed by atoms with Crippen molar-refractivity contribution in [3.63, 3.8) is 0 Å². The van der Waals surface area contributed by atoms with E-state index in [1.54, 1.807) is 25.3 Å². The maximum atomic E-state index is 13.3. The van der Waals surface area contributed by atoms with Gasteiger partial charge in [-0.1, -0.05) is 0 Å². The zero-order chi connectivity index (χ0) is 14.0. The van der Waals surface area contributed by atoms with Crippen molar-refractivity contribution >= 4 is 43.5 Å². The number of hydrogen-bond donors (Lipinski definition) is 1. The van der Waals surface area contributed by atoms with Gasteiger partial charge in [0.1, 0.15) is 10.4 Å². The Morgan fingerprint density at radius 1 is 1.37 bits per heavy atom. The first-order chi connectivity index (χ1) is 8.99. The summed E-state index contributed by atoms with van der Waals surface area (Å²) < 4.78 is 14.1. The molecule has 2 rings (SSSR count). The summed E-state index contributed by atoms with van der Waals surface area (Å²) in [6, 6.07) is 6.22.